The first-order valence-corrected chi connectivity index (χ1v) is 8.81. The molecule has 10 heteroatoms. The van der Waals surface area contributed by atoms with Crippen molar-refractivity contribution in [3.8, 4) is 5.75 Å². The van der Waals surface area contributed by atoms with Gasteiger partial charge in [-0.05, 0) is 43.9 Å². The fourth-order valence-corrected chi connectivity index (χ4v) is 3.62. The summed E-state index contributed by atoms with van der Waals surface area (Å²) in [5.41, 5.74) is -0.0526. The summed E-state index contributed by atoms with van der Waals surface area (Å²) in [6.45, 7) is 2.36. The lowest BCUT2D eigenvalue weighted by molar-refractivity contribution is -0.274. The van der Waals surface area contributed by atoms with Gasteiger partial charge in [0.05, 0.1) is 0 Å². The second-order valence-electron chi connectivity index (χ2n) is 7.20. The van der Waals surface area contributed by atoms with E-state index in [1.165, 1.54) is 23.0 Å². The number of rotatable bonds is 5. The van der Waals surface area contributed by atoms with E-state index in [-0.39, 0.29) is 23.9 Å². The summed E-state index contributed by atoms with van der Waals surface area (Å²) in [6.07, 6.45) is -1.32. The second-order valence-corrected chi connectivity index (χ2v) is 7.20. The number of carbonyl (C=O) groups excluding carboxylic acids is 1. The number of alkyl halides is 3. The number of carbonyl (C=O) groups is 1. The van der Waals surface area contributed by atoms with Crippen molar-refractivity contribution < 1.29 is 22.7 Å². The largest absolute Gasteiger partial charge is 0.573 e. The van der Waals surface area contributed by atoms with Crippen LogP contribution in [0.3, 0.4) is 0 Å². The average Bonchev–Trinajstić information content (AvgIpc) is 3.13. The van der Waals surface area contributed by atoms with Crippen LogP contribution < -0.4 is 10.4 Å². The quantitative estimate of drug-likeness (QED) is 0.774. The van der Waals surface area contributed by atoms with Crippen LogP contribution in [-0.2, 0) is 24.8 Å². The molecule has 2 heterocycles. The SMILES string of the molecule is Cn1cnn(CC(=O)N2CCCC2(C)Cc2ccc(OC(F)(F)F)cc2)c1=O. The Labute approximate surface area is 159 Å². The standard InChI is InChI=1S/C18H21F3N4O3/c1-17(10-13-4-6-14(7-5-13)28-18(19,20)21)8-3-9-24(17)15(26)11-25-16(27)23(2)12-22-25/h4-7,12H,3,8-11H2,1-2H3. The Morgan fingerprint density at radius 3 is 2.54 bits per heavy atom. The maximum absolute atomic E-state index is 12.8. The Balaban J connectivity index is 1.70. The van der Waals surface area contributed by atoms with Crippen molar-refractivity contribution in [2.75, 3.05) is 6.54 Å². The highest BCUT2D eigenvalue weighted by Gasteiger charge is 2.39. The third kappa shape index (κ3) is 4.37. The van der Waals surface area contributed by atoms with Gasteiger partial charge in [0.1, 0.15) is 18.6 Å². The van der Waals surface area contributed by atoms with Crippen LogP contribution >= 0.6 is 0 Å². The molecular formula is C18H21F3N4O3. The number of hydrogen-bond donors (Lipinski definition) is 0. The van der Waals surface area contributed by atoms with Gasteiger partial charge in [-0.2, -0.15) is 5.10 Å². The average molecular weight is 398 g/mol. The maximum Gasteiger partial charge on any atom is 0.573 e. The van der Waals surface area contributed by atoms with E-state index >= 15 is 0 Å². The summed E-state index contributed by atoms with van der Waals surface area (Å²) >= 11 is 0. The zero-order valence-electron chi connectivity index (χ0n) is 15.6. The topological polar surface area (TPSA) is 69.4 Å². The van der Waals surface area contributed by atoms with Gasteiger partial charge in [0.25, 0.3) is 0 Å². The Bertz CT molecular complexity index is 904. The number of aryl methyl sites for hydroxylation is 1. The molecule has 2 aromatic rings. The number of hydrogen-bond acceptors (Lipinski definition) is 4. The van der Waals surface area contributed by atoms with Crippen LogP contribution in [0.15, 0.2) is 35.4 Å². The monoisotopic (exact) mass is 398 g/mol. The molecule has 0 spiro atoms. The van der Waals surface area contributed by atoms with Crippen LogP contribution in [0.5, 0.6) is 5.75 Å². The highest BCUT2D eigenvalue weighted by Crippen LogP contribution is 2.33. The molecule has 1 unspecified atom stereocenters. The summed E-state index contributed by atoms with van der Waals surface area (Å²) < 4.78 is 43.1. The second kappa shape index (κ2) is 7.33. The Morgan fingerprint density at radius 2 is 1.96 bits per heavy atom. The molecule has 0 bridgehead atoms. The van der Waals surface area contributed by atoms with Crippen molar-refractivity contribution in [2.45, 2.75) is 44.6 Å². The predicted molar refractivity (Wildman–Crippen MR) is 93.6 cm³/mol. The van der Waals surface area contributed by atoms with Gasteiger partial charge in [-0.15, -0.1) is 13.2 Å². The highest BCUT2D eigenvalue weighted by atomic mass is 19.4. The summed E-state index contributed by atoms with van der Waals surface area (Å²) in [5, 5.41) is 3.91. The summed E-state index contributed by atoms with van der Waals surface area (Å²) in [6, 6.07) is 5.66. The lowest BCUT2D eigenvalue weighted by Crippen LogP contribution is -2.48. The van der Waals surface area contributed by atoms with Crippen molar-refractivity contribution >= 4 is 5.91 Å². The molecule has 7 nitrogen and oxygen atoms in total. The van der Waals surface area contributed by atoms with E-state index in [2.05, 4.69) is 9.84 Å². The van der Waals surface area contributed by atoms with Crippen LogP contribution in [0.2, 0.25) is 0 Å². The van der Waals surface area contributed by atoms with Crippen LogP contribution in [-0.4, -0.2) is 43.6 Å². The molecule has 0 radical (unpaired) electrons. The van der Waals surface area contributed by atoms with E-state index in [4.69, 9.17) is 0 Å². The first kappa shape index (κ1) is 20.0. The van der Waals surface area contributed by atoms with E-state index < -0.39 is 11.9 Å². The van der Waals surface area contributed by atoms with Gasteiger partial charge in [0, 0.05) is 19.1 Å². The van der Waals surface area contributed by atoms with Gasteiger partial charge in [0.2, 0.25) is 5.91 Å². The number of likely N-dealkylation sites (tertiary alicyclic amines) is 1. The minimum Gasteiger partial charge on any atom is -0.406 e. The number of ether oxygens (including phenoxy) is 1. The van der Waals surface area contributed by atoms with Crippen molar-refractivity contribution in [3.05, 3.63) is 46.6 Å². The van der Waals surface area contributed by atoms with Gasteiger partial charge < -0.3 is 9.64 Å². The molecule has 1 atom stereocenters. The number of nitrogens with zero attached hydrogens (tertiary/aromatic N) is 4. The van der Waals surface area contributed by atoms with Crippen molar-refractivity contribution in [2.24, 2.45) is 7.05 Å². The van der Waals surface area contributed by atoms with Crippen molar-refractivity contribution in [1.29, 1.82) is 0 Å². The number of aromatic nitrogens is 3. The third-order valence-electron chi connectivity index (χ3n) is 4.96. The molecule has 0 aliphatic carbocycles. The fraction of sp³-hybridized carbons (Fsp3) is 0.500. The first-order chi connectivity index (χ1) is 13.1. The fourth-order valence-electron chi connectivity index (χ4n) is 3.62. The zero-order valence-corrected chi connectivity index (χ0v) is 15.6. The zero-order chi connectivity index (χ0) is 20.5. The van der Waals surface area contributed by atoms with Gasteiger partial charge in [-0.1, -0.05) is 12.1 Å². The molecular weight excluding hydrogens is 377 g/mol. The lowest BCUT2D eigenvalue weighted by Gasteiger charge is -2.35. The molecule has 1 aromatic heterocycles. The van der Waals surface area contributed by atoms with Crippen LogP contribution in [0.4, 0.5) is 13.2 Å². The van der Waals surface area contributed by atoms with Crippen LogP contribution in [0.1, 0.15) is 25.3 Å². The van der Waals surface area contributed by atoms with Gasteiger partial charge in [-0.3, -0.25) is 9.36 Å². The Hall–Kier alpha value is -2.78. The number of halogens is 3. The molecule has 1 aliphatic rings. The van der Waals surface area contributed by atoms with E-state index in [1.54, 1.807) is 24.1 Å². The first-order valence-electron chi connectivity index (χ1n) is 8.81. The normalized spacial score (nSPS) is 19.8. The summed E-state index contributed by atoms with van der Waals surface area (Å²) in [7, 11) is 1.56. The maximum atomic E-state index is 12.8. The molecule has 1 fully saturated rings. The van der Waals surface area contributed by atoms with Crippen LogP contribution in [0, 0.1) is 0 Å². The summed E-state index contributed by atoms with van der Waals surface area (Å²) in [4.78, 5) is 26.4. The molecule has 1 aromatic carbocycles. The van der Waals surface area contributed by atoms with Gasteiger partial charge in [0.15, 0.2) is 0 Å². The van der Waals surface area contributed by atoms with Crippen LogP contribution in [0.25, 0.3) is 0 Å². The van der Waals surface area contributed by atoms with E-state index in [0.717, 1.165) is 23.1 Å². The van der Waals surface area contributed by atoms with Gasteiger partial charge in [-0.25, -0.2) is 9.48 Å². The smallest absolute Gasteiger partial charge is 0.406 e. The predicted octanol–water partition coefficient (Wildman–Crippen LogP) is 2.10. The molecule has 1 saturated heterocycles. The molecule has 0 N–H and O–H groups in total. The third-order valence-corrected chi connectivity index (χ3v) is 4.96. The Morgan fingerprint density at radius 1 is 1.29 bits per heavy atom. The van der Waals surface area contributed by atoms with E-state index in [0.29, 0.717) is 13.0 Å². The van der Waals surface area contributed by atoms with Gasteiger partial charge >= 0.3 is 12.1 Å². The summed E-state index contributed by atoms with van der Waals surface area (Å²) in [5.74, 6) is -0.492. The number of amides is 1. The van der Waals surface area contributed by atoms with E-state index in [1.807, 2.05) is 6.92 Å². The highest BCUT2D eigenvalue weighted by molar-refractivity contribution is 5.77. The minimum atomic E-state index is -4.73. The molecule has 28 heavy (non-hydrogen) atoms. The van der Waals surface area contributed by atoms with E-state index in [9.17, 15) is 22.8 Å². The number of benzene rings is 1. The molecule has 0 saturated carbocycles. The molecule has 1 aliphatic heterocycles. The minimum absolute atomic E-state index is 0.145. The van der Waals surface area contributed by atoms with Crippen molar-refractivity contribution in [3.63, 3.8) is 0 Å². The Kier molecular flexibility index (Phi) is 5.22. The van der Waals surface area contributed by atoms with Crippen molar-refractivity contribution in [1.82, 2.24) is 19.2 Å². The lowest BCUT2D eigenvalue weighted by atomic mass is 9.90. The molecule has 3 rings (SSSR count). The molecule has 1 amide bonds. The molecule has 152 valence electrons.